The van der Waals surface area contributed by atoms with Gasteiger partial charge in [-0.2, -0.15) is 0 Å². The maximum Gasteiger partial charge on any atom is 0.220 e. The van der Waals surface area contributed by atoms with Crippen LogP contribution in [0.2, 0.25) is 0 Å². The van der Waals surface area contributed by atoms with E-state index in [1.54, 1.807) is 0 Å². The Labute approximate surface area is 60.8 Å². The second kappa shape index (κ2) is 1.97. The van der Waals surface area contributed by atoms with Gasteiger partial charge < -0.3 is 5.73 Å². The third kappa shape index (κ3) is 0.746. The lowest BCUT2D eigenvalue weighted by molar-refractivity contribution is -0.123. The summed E-state index contributed by atoms with van der Waals surface area (Å²) in [6.45, 7) is 0. The molecular weight excluding hydrogens is 126 g/mol. The average Bonchev–Trinajstić information content (AvgIpc) is 2.44. The van der Waals surface area contributed by atoms with Crippen LogP contribution in [0.3, 0.4) is 0 Å². The molecule has 2 nitrogen and oxygen atoms in total. The fraction of sp³-hybridized carbons (Fsp3) is 0.875. The third-order valence-corrected chi connectivity index (χ3v) is 3.10. The van der Waals surface area contributed by atoms with Crippen molar-refractivity contribution in [2.24, 2.45) is 23.5 Å². The second-order valence-electron chi connectivity index (χ2n) is 3.68. The van der Waals surface area contributed by atoms with E-state index >= 15 is 0 Å². The highest BCUT2D eigenvalue weighted by atomic mass is 16.1. The summed E-state index contributed by atoms with van der Waals surface area (Å²) in [5.41, 5.74) is 5.25. The zero-order valence-electron chi connectivity index (χ0n) is 6.05. The van der Waals surface area contributed by atoms with Crippen LogP contribution in [0.1, 0.15) is 25.7 Å². The molecule has 2 saturated carbocycles. The Kier molecular flexibility index (Phi) is 1.22. The van der Waals surface area contributed by atoms with Crippen molar-refractivity contribution in [2.45, 2.75) is 25.7 Å². The van der Waals surface area contributed by atoms with Crippen LogP contribution < -0.4 is 5.73 Å². The minimum Gasteiger partial charge on any atom is -0.369 e. The number of carbonyl (C=O) groups excluding carboxylic acids is 1. The Hall–Kier alpha value is -0.530. The normalized spacial score (nSPS) is 44.2. The lowest BCUT2D eigenvalue weighted by atomic mass is 9.88. The van der Waals surface area contributed by atoms with Gasteiger partial charge in [-0.25, -0.2) is 0 Å². The number of fused-ring (bicyclic) bond motifs is 2. The molecule has 0 aromatic heterocycles. The van der Waals surface area contributed by atoms with E-state index < -0.39 is 0 Å². The van der Waals surface area contributed by atoms with Gasteiger partial charge in [0, 0.05) is 5.92 Å². The molecule has 2 fully saturated rings. The molecule has 0 spiro atoms. The van der Waals surface area contributed by atoms with Crippen molar-refractivity contribution in [3.05, 3.63) is 0 Å². The van der Waals surface area contributed by atoms with Crippen LogP contribution in [-0.4, -0.2) is 5.91 Å². The van der Waals surface area contributed by atoms with Gasteiger partial charge in [-0.15, -0.1) is 0 Å². The van der Waals surface area contributed by atoms with Crippen molar-refractivity contribution >= 4 is 5.91 Å². The van der Waals surface area contributed by atoms with Crippen LogP contribution in [0.5, 0.6) is 0 Å². The predicted molar refractivity (Wildman–Crippen MR) is 38.1 cm³/mol. The van der Waals surface area contributed by atoms with Crippen molar-refractivity contribution in [1.82, 2.24) is 0 Å². The van der Waals surface area contributed by atoms with Gasteiger partial charge in [0.1, 0.15) is 0 Å². The van der Waals surface area contributed by atoms with Crippen molar-refractivity contribution in [1.29, 1.82) is 0 Å². The summed E-state index contributed by atoms with van der Waals surface area (Å²) in [5.74, 6) is 1.66. The Morgan fingerprint density at radius 3 is 2.40 bits per heavy atom. The Balaban J connectivity index is 2.08. The minimum absolute atomic E-state index is 0.0628. The molecule has 2 aliphatic rings. The third-order valence-electron chi connectivity index (χ3n) is 3.10. The standard InChI is InChI=1S/C8H13NO/c9-8(10)7-4-5-1-2-6(7)3-5/h5-7H,1-4H2,(H2,9,10)/t5?,6?,7-/m1/s1. The molecule has 0 aromatic rings. The highest BCUT2D eigenvalue weighted by molar-refractivity contribution is 5.77. The predicted octanol–water partition coefficient (Wildman–Crippen LogP) is 0.908. The zero-order valence-corrected chi connectivity index (χ0v) is 6.05. The molecule has 2 rings (SSSR count). The van der Waals surface area contributed by atoms with Gasteiger partial charge >= 0.3 is 0 Å². The topological polar surface area (TPSA) is 43.1 Å². The van der Waals surface area contributed by atoms with Gasteiger partial charge in [0.2, 0.25) is 5.91 Å². The van der Waals surface area contributed by atoms with Gasteiger partial charge in [-0.05, 0) is 31.1 Å². The molecule has 3 atom stereocenters. The molecule has 56 valence electrons. The van der Waals surface area contributed by atoms with E-state index in [-0.39, 0.29) is 11.8 Å². The first-order valence-electron chi connectivity index (χ1n) is 4.06. The summed E-state index contributed by atoms with van der Waals surface area (Å²) in [5, 5.41) is 0. The number of carbonyl (C=O) groups is 1. The molecule has 2 aliphatic carbocycles. The van der Waals surface area contributed by atoms with E-state index in [2.05, 4.69) is 0 Å². The molecule has 1 amide bonds. The molecule has 10 heavy (non-hydrogen) atoms. The van der Waals surface area contributed by atoms with Gasteiger partial charge in [0.25, 0.3) is 0 Å². The molecule has 2 N–H and O–H groups in total. The first-order chi connectivity index (χ1) is 4.77. The number of primary amides is 1. The molecule has 2 bridgehead atoms. The summed E-state index contributed by atoms with van der Waals surface area (Å²) in [6, 6.07) is 0. The Morgan fingerprint density at radius 1 is 1.30 bits per heavy atom. The summed E-state index contributed by atoms with van der Waals surface area (Å²) in [7, 11) is 0. The molecule has 0 aromatic carbocycles. The fourth-order valence-electron chi connectivity index (χ4n) is 2.59. The van der Waals surface area contributed by atoms with E-state index in [0.29, 0.717) is 5.92 Å². The molecule has 0 saturated heterocycles. The summed E-state index contributed by atoms with van der Waals surface area (Å²) in [4.78, 5) is 10.8. The monoisotopic (exact) mass is 139 g/mol. The number of hydrogen-bond acceptors (Lipinski definition) is 1. The maximum atomic E-state index is 10.8. The van der Waals surface area contributed by atoms with Crippen LogP contribution >= 0.6 is 0 Å². The summed E-state index contributed by atoms with van der Waals surface area (Å²) >= 11 is 0. The summed E-state index contributed by atoms with van der Waals surface area (Å²) < 4.78 is 0. The number of amides is 1. The number of rotatable bonds is 1. The summed E-state index contributed by atoms with van der Waals surface area (Å²) in [6.07, 6.45) is 4.94. The molecular formula is C8H13NO. The zero-order chi connectivity index (χ0) is 7.14. The minimum atomic E-state index is -0.0628. The lowest BCUT2D eigenvalue weighted by Gasteiger charge is -2.17. The van der Waals surface area contributed by atoms with Crippen LogP contribution in [0.25, 0.3) is 0 Å². The van der Waals surface area contributed by atoms with E-state index in [9.17, 15) is 4.79 Å². The van der Waals surface area contributed by atoms with Crippen molar-refractivity contribution in [2.75, 3.05) is 0 Å². The lowest BCUT2D eigenvalue weighted by Crippen LogP contribution is -2.27. The van der Waals surface area contributed by atoms with Gasteiger partial charge in [0.05, 0.1) is 0 Å². The number of hydrogen-bond donors (Lipinski definition) is 1. The van der Waals surface area contributed by atoms with Crippen LogP contribution in [0, 0.1) is 17.8 Å². The van der Waals surface area contributed by atoms with Crippen molar-refractivity contribution in [3.8, 4) is 0 Å². The van der Waals surface area contributed by atoms with Crippen LogP contribution in [0.15, 0.2) is 0 Å². The Bertz CT molecular complexity index is 167. The largest absolute Gasteiger partial charge is 0.369 e. The second-order valence-corrected chi connectivity index (χ2v) is 3.68. The highest BCUT2D eigenvalue weighted by Gasteiger charge is 2.41. The number of nitrogens with two attached hydrogens (primary N) is 1. The molecule has 0 heterocycles. The van der Waals surface area contributed by atoms with E-state index in [1.807, 2.05) is 0 Å². The van der Waals surface area contributed by atoms with Crippen LogP contribution in [0.4, 0.5) is 0 Å². The molecule has 2 unspecified atom stereocenters. The van der Waals surface area contributed by atoms with E-state index in [0.717, 1.165) is 12.3 Å². The van der Waals surface area contributed by atoms with Crippen molar-refractivity contribution in [3.63, 3.8) is 0 Å². The molecule has 2 heteroatoms. The van der Waals surface area contributed by atoms with Gasteiger partial charge in [-0.1, -0.05) is 6.42 Å². The average molecular weight is 139 g/mol. The fourth-order valence-corrected chi connectivity index (χ4v) is 2.59. The SMILES string of the molecule is NC(=O)[C@@H]1CC2CCC1C2. The van der Waals surface area contributed by atoms with Crippen LogP contribution in [-0.2, 0) is 4.79 Å². The highest BCUT2D eigenvalue weighted by Crippen LogP contribution is 2.47. The molecule has 0 radical (unpaired) electrons. The van der Waals surface area contributed by atoms with Gasteiger partial charge in [-0.3, -0.25) is 4.79 Å². The van der Waals surface area contributed by atoms with E-state index in [4.69, 9.17) is 5.73 Å². The van der Waals surface area contributed by atoms with Gasteiger partial charge in [0.15, 0.2) is 0 Å². The first kappa shape index (κ1) is 6.20. The van der Waals surface area contributed by atoms with E-state index in [1.165, 1.54) is 19.3 Å². The van der Waals surface area contributed by atoms with Crippen molar-refractivity contribution < 1.29 is 4.79 Å². The maximum absolute atomic E-state index is 10.8. The Morgan fingerprint density at radius 2 is 2.10 bits per heavy atom. The quantitative estimate of drug-likeness (QED) is 0.576. The molecule has 0 aliphatic heterocycles. The first-order valence-corrected chi connectivity index (χ1v) is 4.06. The smallest absolute Gasteiger partial charge is 0.220 e.